The summed E-state index contributed by atoms with van der Waals surface area (Å²) in [6.07, 6.45) is 6.10. The number of halogens is 1. The second kappa shape index (κ2) is 10.1. The number of hydrogen-bond donors (Lipinski definition) is 4. The smallest absolute Gasteiger partial charge is 0.337 e. The summed E-state index contributed by atoms with van der Waals surface area (Å²) in [6.45, 7) is 3.33. The van der Waals surface area contributed by atoms with Gasteiger partial charge >= 0.3 is 5.97 Å². The molecule has 0 bridgehead atoms. The standard InChI is InChI=1S/C24H29ClN6O3S/c1-2-15-20(25)30-21(27-15)22(32)28-16-10-11-31(12-18(16)26-13-6-3-4-7-13)24-29-17-9-5-8-14(23(33)34)19(17)35-24/h5,8-9,13,16,18,26H,2-4,6-7,10-12H2,1H3,(H,27,30)(H,28,32)(H,33,34). The number of hydrogen-bond acceptors (Lipinski definition) is 7. The van der Waals surface area contributed by atoms with Gasteiger partial charge in [0.25, 0.3) is 5.91 Å². The summed E-state index contributed by atoms with van der Waals surface area (Å²) >= 11 is 7.55. The van der Waals surface area contributed by atoms with Crippen LogP contribution in [0.15, 0.2) is 18.2 Å². The molecular weight excluding hydrogens is 488 g/mol. The second-order valence-electron chi connectivity index (χ2n) is 9.23. The van der Waals surface area contributed by atoms with Gasteiger partial charge in [-0.25, -0.2) is 14.8 Å². The Bertz CT molecular complexity index is 1240. The fourth-order valence-corrected chi connectivity index (χ4v) is 6.44. The lowest BCUT2D eigenvalue weighted by Gasteiger charge is -2.40. The predicted molar refractivity (Wildman–Crippen MR) is 137 cm³/mol. The number of piperidine rings is 1. The number of carboxylic acids is 1. The van der Waals surface area contributed by atoms with Crippen LogP contribution >= 0.6 is 22.9 Å². The minimum atomic E-state index is -0.947. The van der Waals surface area contributed by atoms with Crippen LogP contribution in [0.4, 0.5) is 5.13 Å². The second-order valence-corrected chi connectivity index (χ2v) is 10.6. The van der Waals surface area contributed by atoms with E-state index in [2.05, 4.69) is 25.5 Å². The molecule has 186 valence electrons. The van der Waals surface area contributed by atoms with Crippen LogP contribution in [-0.4, -0.2) is 63.1 Å². The Hall–Kier alpha value is -2.69. The number of thiazole rings is 1. The van der Waals surface area contributed by atoms with Gasteiger partial charge < -0.3 is 25.6 Å². The van der Waals surface area contributed by atoms with Crippen LogP contribution in [0.3, 0.4) is 0 Å². The quantitative estimate of drug-likeness (QED) is 0.376. The monoisotopic (exact) mass is 516 g/mol. The highest BCUT2D eigenvalue weighted by molar-refractivity contribution is 7.22. The molecule has 3 heterocycles. The molecule has 9 nitrogen and oxygen atoms in total. The van der Waals surface area contributed by atoms with E-state index in [1.807, 2.05) is 13.0 Å². The highest BCUT2D eigenvalue weighted by Gasteiger charge is 2.34. The maximum absolute atomic E-state index is 13.0. The third-order valence-corrected chi connectivity index (χ3v) is 8.41. The van der Waals surface area contributed by atoms with Gasteiger partial charge in [0.15, 0.2) is 16.1 Å². The molecule has 3 aromatic rings. The van der Waals surface area contributed by atoms with Crippen LogP contribution in [-0.2, 0) is 6.42 Å². The molecule has 5 rings (SSSR count). The Morgan fingerprint density at radius 2 is 2.03 bits per heavy atom. The Morgan fingerprint density at radius 1 is 1.23 bits per heavy atom. The Morgan fingerprint density at radius 3 is 2.74 bits per heavy atom. The zero-order valence-electron chi connectivity index (χ0n) is 19.5. The summed E-state index contributed by atoms with van der Waals surface area (Å²) in [5.74, 6) is -0.965. The first-order valence-electron chi connectivity index (χ1n) is 12.1. The normalized spacial score (nSPS) is 21.0. The summed E-state index contributed by atoms with van der Waals surface area (Å²) in [6, 6.07) is 5.58. The molecule has 1 saturated carbocycles. The number of H-pyrrole nitrogens is 1. The highest BCUT2D eigenvalue weighted by Crippen LogP contribution is 2.33. The van der Waals surface area contributed by atoms with E-state index in [0.717, 1.165) is 30.1 Å². The number of carbonyl (C=O) groups excluding carboxylic acids is 1. The third-order valence-electron chi connectivity index (χ3n) is 6.94. The lowest BCUT2D eigenvalue weighted by Crippen LogP contribution is -2.61. The number of carbonyl (C=O) groups is 2. The molecule has 2 fully saturated rings. The highest BCUT2D eigenvalue weighted by atomic mass is 35.5. The number of rotatable bonds is 7. The maximum atomic E-state index is 13.0. The first-order valence-corrected chi connectivity index (χ1v) is 13.3. The Labute approximate surface area is 212 Å². The molecule has 1 amide bonds. The Kier molecular flexibility index (Phi) is 6.95. The first-order chi connectivity index (χ1) is 16.9. The molecule has 2 unspecified atom stereocenters. The molecule has 0 radical (unpaired) electrons. The number of carboxylic acid groups (broad SMARTS) is 1. The average molecular weight is 517 g/mol. The van der Waals surface area contributed by atoms with Crippen molar-refractivity contribution in [3.8, 4) is 0 Å². The summed E-state index contributed by atoms with van der Waals surface area (Å²) in [4.78, 5) is 38.8. The number of imidazole rings is 1. The van der Waals surface area contributed by atoms with E-state index in [1.165, 1.54) is 24.2 Å². The average Bonchev–Trinajstić information content (AvgIpc) is 3.59. The molecule has 1 aliphatic carbocycles. The van der Waals surface area contributed by atoms with Crippen molar-refractivity contribution in [3.63, 3.8) is 0 Å². The van der Waals surface area contributed by atoms with Gasteiger partial charge in [0, 0.05) is 31.2 Å². The number of fused-ring (bicyclic) bond motifs is 1. The number of nitrogens with one attached hydrogen (secondary N) is 3. The van der Waals surface area contributed by atoms with E-state index >= 15 is 0 Å². The fourth-order valence-electron chi connectivity index (χ4n) is 5.07. The number of aryl methyl sites for hydroxylation is 1. The molecule has 11 heteroatoms. The number of benzene rings is 1. The van der Waals surface area contributed by atoms with Gasteiger partial charge in [0.05, 0.1) is 21.5 Å². The van der Waals surface area contributed by atoms with Crippen molar-refractivity contribution in [1.82, 2.24) is 25.6 Å². The largest absolute Gasteiger partial charge is 0.478 e. The van der Waals surface area contributed by atoms with Crippen LogP contribution < -0.4 is 15.5 Å². The van der Waals surface area contributed by atoms with Gasteiger partial charge in [-0.15, -0.1) is 0 Å². The number of amides is 1. The van der Waals surface area contributed by atoms with Gasteiger partial charge in [-0.05, 0) is 37.8 Å². The van der Waals surface area contributed by atoms with E-state index in [9.17, 15) is 14.7 Å². The summed E-state index contributed by atoms with van der Waals surface area (Å²) < 4.78 is 0.687. The van der Waals surface area contributed by atoms with Crippen molar-refractivity contribution < 1.29 is 14.7 Å². The molecule has 0 spiro atoms. The van der Waals surface area contributed by atoms with E-state index < -0.39 is 5.97 Å². The number of aromatic amines is 1. The Balaban J connectivity index is 1.35. The third kappa shape index (κ3) is 5.00. The number of aromatic nitrogens is 3. The topological polar surface area (TPSA) is 123 Å². The van der Waals surface area contributed by atoms with Crippen molar-refractivity contribution >= 4 is 50.2 Å². The van der Waals surface area contributed by atoms with Crippen LogP contribution in [0.25, 0.3) is 10.2 Å². The van der Waals surface area contributed by atoms with Crippen molar-refractivity contribution in [2.45, 2.75) is 63.6 Å². The number of anilines is 1. The van der Waals surface area contributed by atoms with Gasteiger partial charge in [0.1, 0.15) is 0 Å². The molecule has 1 saturated heterocycles. The van der Waals surface area contributed by atoms with E-state index in [-0.39, 0.29) is 29.4 Å². The van der Waals surface area contributed by atoms with E-state index in [4.69, 9.17) is 16.6 Å². The van der Waals surface area contributed by atoms with E-state index in [1.54, 1.807) is 12.1 Å². The van der Waals surface area contributed by atoms with Crippen molar-refractivity contribution in [2.75, 3.05) is 18.0 Å². The zero-order chi connectivity index (χ0) is 24.5. The van der Waals surface area contributed by atoms with Crippen molar-refractivity contribution in [2.24, 2.45) is 0 Å². The van der Waals surface area contributed by atoms with Gasteiger partial charge in [-0.2, -0.15) is 0 Å². The molecule has 1 aliphatic heterocycles. The van der Waals surface area contributed by atoms with Crippen molar-refractivity contribution in [3.05, 3.63) is 40.4 Å². The lowest BCUT2D eigenvalue weighted by atomic mass is 9.98. The van der Waals surface area contributed by atoms with Gasteiger partial charge in [-0.1, -0.05) is 48.8 Å². The molecule has 2 aromatic heterocycles. The summed E-state index contributed by atoms with van der Waals surface area (Å²) in [5, 5.41) is 17.7. The zero-order valence-corrected chi connectivity index (χ0v) is 21.1. The van der Waals surface area contributed by atoms with Crippen LogP contribution in [0.2, 0.25) is 5.15 Å². The first kappa shape index (κ1) is 24.0. The molecule has 2 atom stereocenters. The molecule has 35 heavy (non-hydrogen) atoms. The molecular formula is C24H29ClN6O3S. The predicted octanol–water partition coefficient (Wildman–Crippen LogP) is 3.84. The van der Waals surface area contributed by atoms with Crippen LogP contribution in [0, 0.1) is 0 Å². The minimum Gasteiger partial charge on any atom is -0.478 e. The van der Waals surface area contributed by atoms with Crippen molar-refractivity contribution in [1.29, 1.82) is 0 Å². The number of nitrogens with zero attached hydrogens (tertiary/aromatic N) is 3. The summed E-state index contributed by atoms with van der Waals surface area (Å²) in [7, 11) is 0. The molecule has 4 N–H and O–H groups in total. The lowest BCUT2D eigenvalue weighted by molar-refractivity contribution is 0.0699. The van der Waals surface area contributed by atoms with E-state index in [0.29, 0.717) is 40.9 Å². The van der Waals surface area contributed by atoms with Gasteiger partial charge in [0.2, 0.25) is 0 Å². The fraction of sp³-hybridized carbons (Fsp3) is 0.500. The van der Waals surface area contributed by atoms with Crippen LogP contribution in [0.1, 0.15) is 65.7 Å². The van der Waals surface area contributed by atoms with Crippen LogP contribution in [0.5, 0.6) is 0 Å². The van der Waals surface area contributed by atoms with Gasteiger partial charge in [-0.3, -0.25) is 4.79 Å². The maximum Gasteiger partial charge on any atom is 0.337 e. The molecule has 2 aliphatic rings. The minimum absolute atomic E-state index is 0.0258. The number of aromatic carboxylic acids is 1. The molecule has 1 aromatic carbocycles. The summed E-state index contributed by atoms with van der Waals surface area (Å²) in [5.41, 5.74) is 1.73. The SMILES string of the molecule is CCc1[nH]c(C(=O)NC2CCN(c3nc4cccc(C(=O)O)c4s3)CC2NC2CCCC2)nc1Cl.